The van der Waals surface area contributed by atoms with Gasteiger partial charge in [-0.3, -0.25) is 9.78 Å². The largest absolute Gasteiger partial charge is 0.379 e. The summed E-state index contributed by atoms with van der Waals surface area (Å²) in [5.74, 6) is -0.284. The number of nitrogens with zero attached hydrogens (tertiary/aromatic N) is 3. The maximum Gasteiger partial charge on any atom is 0.185 e. The molecule has 30 heavy (non-hydrogen) atoms. The number of rotatable bonds is 5. The van der Waals surface area contributed by atoms with Gasteiger partial charge in [-0.2, -0.15) is 5.26 Å². The van der Waals surface area contributed by atoms with Crippen LogP contribution in [0.1, 0.15) is 27.2 Å². The van der Waals surface area contributed by atoms with Crippen LogP contribution in [0.2, 0.25) is 0 Å². The number of carbonyl (C=O) groups excluding carboxylic acids is 1. The average Bonchev–Trinajstić information content (AvgIpc) is 3.13. The van der Waals surface area contributed by atoms with Crippen molar-refractivity contribution in [1.82, 2.24) is 4.98 Å². The number of nitrogens with two attached hydrogens (primary N) is 1. The lowest BCUT2D eigenvalue weighted by molar-refractivity contribution is -0.106. The second kappa shape index (κ2) is 8.14. The third kappa shape index (κ3) is 3.58. The van der Waals surface area contributed by atoms with Crippen LogP contribution < -0.4 is 5.73 Å². The van der Waals surface area contributed by atoms with Crippen LogP contribution in [0.25, 0.3) is 0 Å². The Bertz CT molecular complexity index is 1050. The third-order valence-corrected chi connectivity index (χ3v) is 6.32. The van der Waals surface area contributed by atoms with Crippen molar-refractivity contribution in [3.05, 3.63) is 64.7 Å². The van der Waals surface area contributed by atoms with Crippen LogP contribution in [-0.4, -0.2) is 41.7 Å². The van der Waals surface area contributed by atoms with Gasteiger partial charge in [-0.25, -0.2) is 9.38 Å². The van der Waals surface area contributed by atoms with Crippen LogP contribution in [-0.2, 0) is 21.4 Å². The molecule has 154 valence electrons. The van der Waals surface area contributed by atoms with E-state index in [9.17, 15) is 9.18 Å². The second-order valence-electron chi connectivity index (χ2n) is 7.16. The molecule has 2 N–H and O–H groups in total. The highest BCUT2D eigenvalue weighted by Gasteiger charge is 2.54. The van der Waals surface area contributed by atoms with E-state index in [4.69, 9.17) is 20.5 Å². The number of fused-ring (bicyclic) bond motifs is 1. The molecule has 1 saturated heterocycles. The van der Waals surface area contributed by atoms with Gasteiger partial charge in [0.25, 0.3) is 0 Å². The summed E-state index contributed by atoms with van der Waals surface area (Å²) < 4.78 is 26.1. The molecule has 2 aliphatic heterocycles. The van der Waals surface area contributed by atoms with Crippen molar-refractivity contribution in [3.8, 4) is 6.07 Å². The topological polar surface area (TPSA) is 111 Å². The predicted molar refractivity (Wildman–Crippen MR) is 109 cm³/mol. The molecule has 0 spiro atoms. The number of pyridine rings is 1. The average molecular weight is 426 g/mol. The maximum absolute atomic E-state index is 14.9. The van der Waals surface area contributed by atoms with E-state index in [-0.39, 0.29) is 30.4 Å². The highest BCUT2D eigenvalue weighted by Crippen LogP contribution is 2.48. The molecular formula is C21H19FN4O3S. The predicted octanol–water partition coefficient (Wildman–Crippen LogP) is 2.39. The molecule has 0 amide bonds. The standard InChI is InChI=1S/C21H19FN4O3S/c1-28-19-15-10-30-20(24)26-21(15,11-29-19)14-6-12(2-4-16(14)22)7-18(27)17-5-3-13(8-23)9-25-17/h2-6,9,15,19H,7,10-11H2,1H3,(H2,24,26)/t15-,19-,21-/m1/s1. The Morgan fingerprint density at radius 1 is 1.47 bits per heavy atom. The van der Waals surface area contributed by atoms with Gasteiger partial charge in [-0.05, 0) is 29.8 Å². The molecule has 7 nitrogen and oxygen atoms in total. The summed E-state index contributed by atoms with van der Waals surface area (Å²) in [6.45, 7) is 0.142. The number of benzene rings is 1. The summed E-state index contributed by atoms with van der Waals surface area (Å²) in [5.41, 5.74) is 6.57. The van der Waals surface area contributed by atoms with Crippen molar-refractivity contribution in [1.29, 1.82) is 5.26 Å². The SMILES string of the molecule is CO[C@@H]1OC[C@]2(c3cc(CC(=O)c4ccc(C#N)cn4)ccc3F)N=C(N)SC[C@H]12. The smallest absolute Gasteiger partial charge is 0.185 e. The second-order valence-corrected chi connectivity index (χ2v) is 8.21. The molecule has 0 saturated carbocycles. The number of Topliss-reactive ketones (excluding diaryl/α,β-unsaturated/α-hetero) is 1. The van der Waals surface area contributed by atoms with Gasteiger partial charge >= 0.3 is 0 Å². The summed E-state index contributed by atoms with van der Waals surface area (Å²) in [6, 6.07) is 9.57. The number of hydrogen-bond acceptors (Lipinski definition) is 8. The first-order valence-electron chi connectivity index (χ1n) is 9.27. The molecule has 0 unspecified atom stereocenters. The molecule has 2 aliphatic rings. The molecule has 2 aromatic rings. The van der Waals surface area contributed by atoms with E-state index in [1.54, 1.807) is 19.2 Å². The number of nitriles is 1. The Hall–Kier alpha value is -2.80. The van der Waals surface area contributed by atoms with Crippen LogP contribution in [0.5, 0.6) is 0 Å². The van der Waals surface area contributed by atoms with E-state index in [0.29, 0.717) is 27.6 Å². The van der Waals surface area contributed by atoms with Gasteiger partial charge in [0.2, 0.25) is 0 Å². The van der Waals surface area contributed by atoms with Crippen molar-refractivity contribution in [2.45, 2.75) is 18.2 Å². The van der Waals surface area contributed by atoms with Gasteiger partial charge in [-0.1, -0.05) is 17.8 Å². The zero-order valence-electron chi connectivity index (χ0n) is 16.2. The summed E-state index contributed by atoms with van der Waals surface area (Å²) in [6.07, 6.45) is 0.877. The molecule has 0 bridgehead atoms. The quantitative estimate of drug-likeness (QED) is 0.731. The zero-order valence-corrected chi connectivity index (χ0v) is 17.0. The van der Waals surface area contributed by atoms with Crippen molar-refractivity contribution >= 4 is 22.7 Å². The minimum Gasteiger partial charge on any atom is -0.379 e. The van der Waals surface area contributed by atoms with Crippen LogP contribution >= 0.6 is 11.8 Å². The van der Waals surface area contributed by atoms with E-state index in [2.05, 4.69) is 9.98 Å². The zero-order chi connectivity index (χ0) is 21.3. The number of carbonyl (C=O) groups is 1. The van der Waals surface area contributed by atoms with Crippen molar-refractivity contribution in [2.75, 3.05) is 19.5 Å². The van der Waals surface area contributed by atoms with E-state index in [1.165, 1.54) is 36.2 Å². The number of ketones is 1. The van der Waals surface area contributed by atoms with Crippen LogP contribution in [0.3, 0.4) is 0 Å². The van der Waals surface area contributed by atoms with Crippen molar-refractivity contribution < 1.29 is 18.7 Å². The molecule has 0 radical (unpaired) electrons. The molecule has 1 aromatic carbocycles. The highest BCUT2D eigenvalue weighted by molar-refractivity contribution is 8.13. The Morgan fingerprint density at radius 3 is 3.00 bits per heavy atom. The first kappa shape index (κ1) is 20.5. The molecule has 3 heterocycles. The number of hydrogen-bond donors (Lipinski definition) is 1. The lowest BCUT2D eigenvalue weighted by Gasteiger charge is -2.35. The lowest BCUT2D eigenvalue weighted by Crippen LogP contribution is -2.42. The fraction of sp³-hybridized carbons (Fsp3) is 0.333. The molecule has 0 aliphatic carbocycles. The van der Waals surface area contributed by atoms with E-state index in [1.807, 2.05) is 6.07 Å². The monoisotopic (exact) mass is 426 g/mol. The number of thioether (sulfide) groups is 1. The van der Waals surface area contributed by atoms with Crippen molar-refractivity contribution in [2.24, 2.45) is 16.6 Å². The van der Waals surface area contributed by atoms with E-state index >= 15 is 0 Å². The van der Waals surface area contributed by atoms with Gasteiger partial charge in [0.05, 0.1) is 18.1 Å². The Labute approximate surface area is 177 Å². The first-order chi connectivity index (χ1) is 14.5. The summed E-state index contributed by atoms with van der Waals surface area (Å²) in [5, 5.41) is 9.23. The normalized spacial score (nSPS) is 25.3. The van der Waals surface area contributed by atoms with E-state index in [0.717, 1.165) is 0 Å². The number of halogens is 1. The molecule has 1 fully saturated rings. The minimum atomic E-state index is -0.994. The number of aliphatic imine (C=N–C) groups is 1. The van der Waals surface area contributed by atoms with Gasteiger partial charge in [0.1, 0.15) is 23.1 Å². The summed E-state index contributed by atoms with van der Waals surface area (Å²) in [4.78, 5) is 21.2. The first-order valence-corrected chi connectivity index (χ1v) is 10.3. The number of methoxy groups -OCH3 is 1. The molecule has 4 rings (SSSR count). The Balaban J connectivity index is 1.67. The summed E-state index contributed by atoms with van der Waals surface area (Å²) >= 11 is 1.39. The highest BCUT2D eigenvalue weighted by atomic mass is 32.2. The van der Waals surface area contributed by atoms with Gasteiger partial charge in [-0.15, -0.1) is 0 Å². The van der Waals surface area contributed by atoms with E-state index < -0.39 is 17.6 Å². The minimum absolute atomic E-state index is 0.0371. The van der Waals surface area contributed by atoms with Crippen LogP contribution in [0.15, 0.2) is 41.5 Å². The van der Waals surface area contributed by atoms with Gasteiger partial charge in [0, 0.05) is 31.0 Å². The number of ether oxygens (including phenoxy) is 2. The van der Waals surface area contributed by atoms with Crippen molar-refractivity contribution in [3.63, 3.8) is 0 Å². The molecule has 3 atom stereocenters. The molecule has 9 heteroatoms. The third-order valence-electron chi connectivity index (χ3n) is 5.40. The lowest BCUT2D eigenvalue weighted by atomic mass is 9.80. The van der Waals surface area contributed by atoms with Gasteiger partial charge in [0.15, 0.2) is 17.2 Å². The fourth-order valence-electron chi connectivity index (χ4n) is 3.88. The van der Waals surface area contributed by atoms with Crippen LogP contribution in [0.4, 0.5) is 4.39 Å². The number of aromatic nitrogens is 1. The molecular weight excluding hydrogens is 407 g/mol. The molecule has 1 aromatic heterocycles. The maximum atomic E-state index is 14.9. The fourth-order valence-corrected chi connectivity index (χ4v) is 4.89. The Morgan fingerprint density at radius 2 is 2.30 bits per heavy atom. The Kier molecular flexibility index (Phi) is 5.56. The van der Waals surface area contributed by atoms with Gasteiger partial charge < -0.3 is 15.2 Å². The van der Waals surface area contributed by atoms with Crippen LogP contribution in [0, 0.1) is 23.1 Å². The number of amidine groups is 1. The summed E-state index contributed by atoms with van der Waals surface area (Å²) in [7, 11) is 1.54.